The van der Waals surface area contributed by atoms with Crippen LogP contribution in [0.4, 0.5) is 4.79 Å². The molecule has 0 aromatic carbocycles. The van der Waals surface area contributed by atoms with Crippen molar-refractivity contribution in [1.29, 1.82) is 0 Å². The summed E-state index contributed by atoms with van der Waals surface area (Å²) in [6, 6.07) is 1.21. The highest BCUT2D eigenvalue weighted by Crippen LogP contribution is 2.21. The lowest BCUT2D eigenvalue weighted by molar-refractivity contribution is -0.0400. The fraction of sp³-hybridized carbons (Fsp3) is 0.364. The van der Waals surface area contributed by atoms with Crippen molar-refractivity contribution in [3.63, 3.8) is 0 Å². The lowest BCUT2D eigenvalue weighted by atomic mass is 10.1. The van der Waals surface area contributed by atoms with Crippen LogP contribution in [0.1, 0.15) is 16.8 Å². The molecule has 102 valence electrons. The second-order valence-electron chi connectivity index (χ2n) is 4.05. The normalized spacial score (nSPS) is 21.9. The molecule has 1 aliphatic rings. The molecule has 1 aromatic rings. The molecule has 0 saturated carbocycles. The van der Waals surface area contributed by atoms with Crippen LogP contribution in [0.2, 0.25) is 0 Å². The van der Waals surface area contributed by atoms with Gasteiger partial charge in [0.15, 0.2) is 0 Å². The molecule has 0 aliphatic carbocycles. The number of carboxylic acid groups (broad SMARTS) is 1. The predicted octanol–water partition coefficient (Wildman–Crippen LogP) is 0.328. The number of amides is 1. The van der Waals surface area contributed by atoms with Crippen LogP contribution in [-0.2, 0) is 9.47 Å². The number of hydrogen-bond acceptors (Lipinski definition) is 6. The van der Waals surface area contributed by atoms with E-state index in [1.165, 1.54) is 18.5 Å². The maximum Gasteiger partial charge on any atom is 0.507 e. The molecular formula is C11H12N2O6. The lowest BCUT2D eigenvalue weighted by Gasteiger charge is -2.26. The highest BCUT2D eigenvalue weighted by atomic mass is 16.7. The van der Waals surface area contributed by atoms with Gasteiger partial charge in [0, 0.05) is 12.6 Å². The molecule has 1 aromatic heterocycles. The number of pyridine rings is 1. The molecule has 8 heteroatoms. The quantitative estimate of drug-likeness (QED) is 0.534. The van der Waals surface area contributed by atoms with E-state index in [9.17, 15) is 14.7 Å². The lowest BCUT2D eigenvalue weighted by Crippen LogP contribution is -2.52. The molecule has 8 nitrogen and oxygen atoms in total. The Morgan fingerprint density at radius 1 is 1.47 bits per heavy atom. The van der Waals surface area contributed by atoms with Crippen LogP contribution < -0.4 is 5.32 Å². The van der Waals surface area contributed by atoms with Gasteiger partial charge in [0.05, 0.1) is 18.4 Å². The van der Waals surface area contributed by atoms with E-state index in [0.717, 1.165) is 0 Å². The summed E-state index contributed by atoms with van der Waals surface area (Å²) in [5.41, 5.74) is -1.30. The van der Waals surface area contributed by atoms with Crippen LogP contribution in [0.25, 0.3) is 0 Å². The number of rotatable bonds is 3. The summed E-state index contributed by atoms with van der Waals surface area (Å²) in [7, 11) is 0. The molecule has 1 fully saturated rings. The molecule has 0 radical (unpaired) electrons. The van der Waals surface area contributed by atoms with Crippen molar-refractivity contribution in [3.05, 3.63) is 24.0 Å². The smallest absolute Gasteiger partial charge is 0.506 e. The number of hydrogen-bond donors (Lipinski definition) is 3. The number of aromatic hydroxyl groups is 1. The summed E-state index contributed by atoms with van der Waals surface area (Å²) in [6.07, 6.45) is 1.15. The van der Waals surface area contributed by atoms with E-state index in [4.69, 9.17) is 14.6 Å². The van der Waals surface area contributed by atoms with Crippen molar-refractivity contribution in [2.24, 2.45) is 0 Å². The Balaban J connectivity index is 2.13. The highest BCUT2D eigenvalue weighted by molar-refractivity contribution is 5.94. The fourth-order valence-corrected chi connectivity index (χ4v) is 1.75. The van der Waals surface area contributed by atoms with Crippen LogP contribution >= 0.6 is 0 Å². The van der Waals surface area contributed by atoms with Crippen molar-refractivity contribution in [2.45, 2.75) is 12.1 Å². The van der Waals surface area contributed by atoms with Gasteiger partial charge in [-0.1, -0.05) is 0 Å². The molecule has 0 spiro atoms. The summed E-state index contributed by atoms with van der Waals surface area (Å²) >= 11 is 0. The van der Waals surface area contributed by atoms with E-state index in [1.807, 2.05) is 0 Å². The third kappa shape index (κ3) is 3.10. The zero-order valence-corrected chi connectivity index (χ0v) is 9.83. The molecule has 3 N–H and O–H groups in total. The number of nitrogens with zero attached hydrogens (tertiary/aromatic N) is 1. The third-order valence-electron chi connectivity index (χ3n) is 2.60. The first kappa shape index (κ1) is 13.1. The van der Waals surface area contributed by atoms with Gasteiger partial charge in [0.1, 0.15) is 12.4 Å². The Morgan fingerprint density at radius 2 is 2.26 bits per heavy atom. The molecule has 1 aliphatic heterocycles. The molecule has 1 atom stereocenters. The Hall–Kier alpha value is -2.35. The molecule has 2 rings (SSSR count). The molecule has 0 bridgehead atoms. The van der Waals surface area contributed by atoms with Gasteiger partial charge >= 0.3 is 6.16 Å². The first-order valence-corrected chi connectivity index (χ1v) is 5.47. The summed E-state index contributed by atoms with van der Waals surface area (Å²) in [5, 5.41) is 20.4. The molecule has 0 unspecified atom stereocenters. The van der Waals surface area contributed by atoms with Crippen molar-refractivity contribution >= 4 is 12.1 Å². The first-order valence-electron chi connectivity index (χ1n) is 5.47. The largest absolute Gasteiger partial charge is 0.507 e. The maximum absolute atomic E-state index is 11.9. The summed E-state index contributed by atoms with van der Waals surface area (Å²) in [4.78, 5) is 26.3. The maximum atomic E-state index is 11.9. The van der Waals surface area contributed by atoms with Crippen molar-refractivity contribution in [1.82, 2.24) is 10.3 Å². The number of carbonyl (C=O) groups is 2. The number of carbonyl (C=O) groups excluding carboxylic acids is 1. The standard InChI is InChI=1S/C11H12N2O6/c14-8-3-7(4-12-5-8)9(15)13-11(19-10(16)17)1-2-18-6-11/h3-5,14H,1-2,6H2,(H,13,15)(H,16,17)/t11-/m0/s1. The van der Waals surface area contributed by atoms with Gasteiger partial charge in [-0.3, -0.25) is 9.78 Å². The highest BCUT2D eigenvalue weighted by Gasteiger charge is 2.41. The van der Waals surface area contributed by atoms with Gasteiger partial charge in [-0.15, -0.1) is 0 Å². The second-order valence-corrected chi connectivity index (χ2v) is 4.05. The van der Waals surface area contributed by atoms with E-state index >= 15 is 0 Å². The topological polar surface area (TPSA) is 118 Å². The van der Waals surface area contributed by atoms with Gasteiger partial charge in [-0.25, -0.2) is 4.79 Å². The predicted molar refractivity (Wildman–Crippen MR) is 60.6 cm³/mol. The summed E-state index contributed by atoms with van der Waals surface area (Å²) in [5.74, 6) is -0.765. The summed E-state index contributed by atoms with van der Waals surface area (Å²) in [6.45, 7) is 0.225. The van der Waals surface area contributed by atoms with Gasteiger partial charge in [0.25, 0.3) is 5.91 Å². The number of aromatic nitrogens is 1. The Kier molecular flexibility index (Phi) is 3.52. The molecule has 1 saturated heterocycles. The van der Waals surface area contributed by atoms with Crippen LogP contribution in [0, 0.1) is 0 Å². The van der Waals surface area contributed by atoms with E-state index in [2.05, 4.69) is 10.3 Å². The van der Waals surface area contributed by atoms with Gasteiger partial charge in [-0.2, -0.15) is 0 Å². The van der Waals surface area contributed by atoms with Crippen LogP contribution in [0.15, 0.2) is 18.5 Å². The minimum absolute atomic E-state index is 0.0582. The van der Waals surface area contributed by atoms with Crippen LogP contribution in [0.5, 0.6) is 5.75 Å². The average molecular weight is 268 g/mol. The van der Waals surface area contributed by atoms with Crippen molar-refractivity contribution < 1.29 is 29.3 Å². The van der Waals surface area contributed by atoms with Crippen LogP contribution in [-0.4, -0.2) is 46.2 Å². The Bertz CT molecular complexity index is 498. The van der Waals surface area contributed by atoms with E-state index in [0.29, 0.717) is 0 Å². The van der Waals surface area contributed by atoms with Gasteiger partial charge < -0.3 is 25.0 Å². The fourth-order valence-electron chi connectivity index (χ4n) is 1.75. The molecule has 19 heavy (non-hydrogen) atoms. The molecule has 2 heterocycles. The van der Waals surface area contributed by atoms with Gasteiger partial charge in [0.2, 0.25) is 5.72 Å². The van der Waals surface area contributed by atoms with Crippen molar-refractivity contribution in [2.75, 3.05) is 13.2 Å². The minimum atomic E-state index is -1.50. The zero-order valence-electron chi connectivity index (χ0n) is 9.83. The second kappa shape index (κ2) is 5.11. The SMILES string of the molecule is O=C(O)O[C@@]1(NC(=O)c2cncc(O)c2)CCOC1. The minimum Gasteiger partial charge on any atom is -0.506 e. The van der Waals surface area contributed by atoms with E-state index in [-0.39, 0.29) is 30.9 Å². The number of nitrogens with one attached hydrogen (secondary N) is 1. The molecule has 1 amide bonds. The van der Waals surface area contributed by atoms with E-state index < -0.39 is 17.8 Å². The molecular weight excluding hydrogens is 256 g/mol. The Labute approximate surface area is 108 Å². The average Bonchev–Trinajstić information content (AvgIpc) is 2.76. The summed E-state index contributed by atoms with van der Waals surface area (Å²) < 4.78 is 9.75. The van der Waals surface area contributed by atoms with Gasteiger partial charge in [-0.05, 0) is 6.07 Å². The van der Waals surface area contributed by atoms with Crippen molar-refractivity contribution in [3.8, 4) is 5.75 Å². The van der Waals surface area contributed by atoms with Crippen LogP contribution in [0.3, 0.4) is 0 Å². The van der Waals surface area contributed by atoms with E-state index in [1.54, 1.807) is 0 Å². The number of ether oxygens (including phenoxy) is 2. The third-order valence-corrected chi connectivity index (χ3v) is 2.60. The zero-order chi connectivity index (χ0) is 13.9. The Morgan fingerprint density at radius 3 is 2.84 bits per heavy atom. The first-order chi connectivity index (χ1) is 9.01. The monoisotopic (exact) mass is 268 g/mol.